The summed E-state index contributed by atoms with van der Waals surface area (Å²) >= 11 is 0. The van der Waals surface area contributed by atoms with Gasteiger partial charge < -0.3 is 15.2 Å². The van der Waals surface area contributed by atoms with Gasteiger partial charge in [-0.1, -0.05) is 18.5 Å². The lowest BCUT2D eigenvalue weighted by atomic mass is 9.90. The monoisotopic (exact) mass is 333 g/mol. The van der Waals surface area contributed by atoms with Crippen LogP contribution in [0.15, 0.2) is 10.6 Å². The van der Waals surface area contributed by atoms with Gasteiger partial charge >= 0.3 is 0 Å². The van der Waals surface area contributed by atoms with Gasteiger partial charge in [-0.3, -0.25) is 9.59 Å². The molecule has 0 saturated heterocycles. The smallest absolute Gasteiger partial charge is 0.273 e. The Balaban J connectivity index is 1.47. The van der Waals surface area contributed by atoms with Crippen LogP contribution in [0.1, 0.15) is 86.9 Å². The fraction of sp³-hybridized carbons (Fsp3) is 0.722. The van der Waals surface area contributed by atoms with Gasteiger partial charge in [0, 0.05) is 30.5 Å². The predicted octanol–water partition coefficient (Wildman–Crippen LogP) is 2.90. The van der Waals surface area contributed by atoms with Crippen molar-refractivity contribution < 1.29 is 14.1 Å². The zero-order valence-corrected chi connectivity index (χ0v) is 14.3. The molecule has 132 valence electrons. The molecule has 3 rings (SSSR count). The minimum atomic E-state index is -0.173. The summed E-state index contributed by atoms with van der Waals surface area (Å²) < 4.78 is 5.24. The molecule has 0 radical (unpaired) electrons. The first-order valence-electron chi connectivity index (χ1n) is 9.22. The van der Waals surface area contributed by atoms with E-state index in [1.54, 1.807) is 6.07 Å². The minimum absolute atomic E-state index is 0.0869. The highest BCUT2D eigenvalue weighted by Crippen LogP contribution is 2.40. The largest absolute Gasteiger partial charge is 0.360 e. The molecule has 1 aromatic heterocycles. The van der Waals surface area contributed by atoms with Gasteiger partial charge in [-0.2, -0.15) is 0 Å². The molecule has 2 fully saturated rings. The van der Waals surface area contributed by atoms with Crippen molar-refractivity contribution in [3.8, 4) is 0 Å². The molecular formula is C18H27N3O3. The highest BCUT2D eigenvalue weighted by molar-refractivity contribution is 5.92. The Hall–Kier alpha value is -1.85. The van der Waals surface area contributed by atoms with Crippen LogP contribution in [0.4, 0.5) is 0 Å². The van der Waals surface area contributed by atoms with E-state index in [9.17, 15) is 9.59 Å². The fourth-order valence-corrected chi connectivity index (χ4v) is 3.31. The standard InChI is InChI=1S/C18H27N3O3/c1-2-3-7-17(22)19-13-5-4-6-14(10-13)20-18(23)15-11-16(24-21-15)12-8-9-12/h11-14H,2-10H2,1H3,(H,19,22)(H,20,23). The van der Waals surface area contributed by atoms with E-state index in [2.05, 4.69) is 22.7 Å². The molecule has 2 unspecified atom stereocenters. The van der Waals surface area contributed by atoms with Crippen LogP contribution in [0, 0.1) is 0 Å². The maximum absolute atomic E-state index is 12.3. The number of rotatable bonds is 7. The fourth-order valence-electron chi connectivity index (χ4n) is 3.31. The average Bonchev–Trinajstić information content (AvgIpc) is 3.30. The van der Waals surface area contributed by atoms with E-state index < -0.39 is 0 Å². The maximum Gasteiger partial charge on any atom is 0.273 e. The van der Waals surface area contributed by atoms with E-state index in [1.165, 1.54) is 0 Å². The number of carbonyl (C=O) groups is 2. The molecule has 0 bridgehead atoms. The van der Waals surface area contributed by atoms with E-state index >= 15 is 0 Å². The van der Waals surface area contributed by atoms with Crippen LogP contribution in [0.25, 0.3) is 0 Å². The number of hydrogen-bond acceptors (Lipinski definition) is 4. The molecule has 2 atom stereocenters. The highest BCUT2D eigenvalue weighted by atomic mass is 16.5. The molecule has 1 aromatic rings. The van der Waals surface area contributed by atoms with E-state index in [4.69, 9.17) is 4.52 Å². The third-order valence-electron chi connectivity index (χ3n) is 4.87. The Morgan fingerprint density at radius 1 is 1.21 bits per heavy atom. The van der Waals surface area contributed by atoms with Crippen LogP contribution in [0.2, 0.25) is 0 Å². The zero-order chi connectivity index (χ0) is 16.9. The molecule has 0 spiro atoms. The Labute approximate surface area is 142 Å². The summed E-state index contributed by atoms with van der Waals surface area (Å²) in [6.07, 6.45) is 8.52. The first-order chi connectivity index (χ1) is 11.7. The number of amides is 2. The van der Waals surface area contributed by atoms with Crippen molar-refractivity contribution in [2.24, 2.45) is 0 Å². The predicted molar refractivity (Wildman–Crippen MR) is 89.7 cm³/mol. The highest BCUT2D eigenvalue weighted by Gasteiger charge is 2.30. The number of unbranched alkanes of at least 4 members (excludes halogenated alkanes) is 1. The van der Waals surface area contributed by atoms with Gasteiger partial charge in [0.05, 0.1) is 0 Å². The topological polar surface area (TPSA) is 84.2 Å². The van der Waals surface area contributed by atoms with Crippen LogP contribution in [0.3, 0.4) is 0 Å². The molecule has 24 heavy (non-hydrogen) atoms. The van der Waals surface area contributed by atoms with Gasteiger partial charge in [-0.25, -0.2) is 0 Å². The van der Waals surface area contributed by atoms with Gasteiger partial charge in [-0.15, -0.1) is 0 Å². The molecule has 2 aliphatic carbocycles. The third-order valence-corrected chi connectivity index (χ3v) is 4.87. The summed E-state index contributed by atoms with van der Waals surface area (Å²) in [7, 11) is 0. The van der Waals surface area contributed by atoms with Gasteiger partial charge in [0.2, 0.25) is 5.91 Å². The number of carbonyl (C=O) groups excluding carboxylic acids is 2. The molecule has 2 N–H and O–H groups in total. The summed E-state index contributed by atoms with van der Waals surface area (Å²) in [5, 5.41) is 10.0. The van der Waals surface area contributed by atoms with Gasteiger partial charge in [0.25, 0.3) is 5.91 Å². The number of aromatic nitrogens is 1. The average molecular weight is 333 g/mol. The number of hydrogen-bond donors (Lipinski definition) is 2. The van der Waals surface area contributed by atoms with Crippen LogP contribution in [0.5, 0.6) is 0 Å². The van der Waals surface area contributed by atoms with E-state index in [-0.39, 0.29) is 23.9 Å². The zero-order valence-electron chi connectivity index (χ0n) is 14.3. The molecule has 2 aliphatic rings. The summed E-state index contributed by atoms with van der Waals surface area (Å²) in [5.41, 5.74) is 0.367. The van der Waals surface area contributed by atoms with Gasteiger partial charge in [0.1, 0.15) is 5.76 Å². The van der Waals surface area contributed by atoms with E-state index in [0.717, 1.165) is 57.1 Å². The molecule has 1 heterocycles. The molecule has 0 aromatic carbocycles. The Morgan fingerprint density at radius 3 is 2.67 bits per heavy atom. The molecule has 6 heteroatoms. The van der Waals surface area contributed by atoms with Crippen molar-refractivity contribution >= 4 is 11.8 Å². The summed E-state index contributed by atoms with van der Waals surface area (Å²) in [6, 6.07) is 2.01. The summed E-state index contributed by atoms with van der Waals surface area (Å²) in [6.45, 7) is 2.08. The summed E-state index contributed by atoms with van der Waals surface area (Å²) in [4.78, 5) is 24.2. The molecule has 2 saturated carbocycles. The summed E-state index contributed by atoms with van der Waals surface area (Å²) in [5.74, 6) is 1.23. The van der Waals surface area contributed by atoms with Crippen LogP contribution < -0.4 is 10.6 Å². The number of nitrogens with one attached hydrogen (secondary N) is 2. The van der Waals surface area contributed by atoms with E-state index in [0.29, 0.717) is 18.0 Å². The second-order valence-electron chi connectivity index (χ2n) is 7.09. The maximum atomic E-state index is 12.3. The lowest BCUT2D eigenvalue weighted by Gasteiger charge is -2.30. The first kappa shape index (κ1) is 17.0. The molecule has 0 aliphatic heterocycles. The molecule has 2 amide bonds. The molecule has 6 nitrogen and oxygen atoms in total. The molecular weight excluding hydrogens is 306 g/mol. The van der Waals surface area contributed by atoms with Crippen LogP contribution in [-0.2, 0) is 4.79 Å². The minimum Gasteiger partial charge on any atom is -0.360 e. The van der Waals surface area contributed by atoms with Crippen molar-refractivity contribution in [2.75, 3.05) is 0 Å². The normalized spacial score (nSPS) is 23.7. The second-order valence-corrected chi connectivity index (χ2v) is 7.09. The van der Waals surface area contributed by atoms with E-state index in [1.807, 2.05) is 0 Å². The Morgan fingerprint density at radius 2 is 1.96 bits per heavy atom. The first-order valence-corrected chi connectivity index (χ1v) is 9.22. The Bertz CT molecular complexity index is 580. The quantitative estimate of drug-likeness (QED) is 0.803. The lowest BCUT2D eigenvalue weighted by Crippen LogP contribution is -2.45. The van der Waals surface area contributed by atoms with Crippen LogP contribution in [-0.4, -0.2) is 29.1 Å². The second kappa shape index (κ2) is 7.81. The van der Waals surface area contributed by atoms with Crippen molar-refractivity contribution in [3.63, 3.8) is 0 Å². The van der Waals surface area contributed by atoms with Gasteiger partial charge in [0.15, 0.2) is 5.69 Å². The van der Waals surface area contributed by atoms with Gasteiger partial charge in [-0.05, 0) is 44.9 Å². The Kier molecular flexibility index (Phi) is 5.53. The van der Waals surface area contributed by atoms with Crippen LogP contribution >= 0.6 is 0 Å². The van der Waals surface area contributed by atoms with Crippen molar-refractivity contribution in [2.45, 2.75) is 82.7 Å². The van der Waals surface area contributed by atoms with Crippen molar-refractivity contribution in [3.05, 3.63) is 17.5 Å². The SMILES string of the molecule is CCCCC(=O)NC1CCCC(NC(=O)c2cc(C3CC3)on2)C1. The lowest BCUT2D eigenvalue weighted by molar-refractivity contribution is -0.122. The number of nitrogens with zero attached hydrogens (tertiary/aromatic N) is 1. The third kappa shape index (κ3) is 4.58. The van der Waals surface area contributed by atoms with Crippen molar-refractivity contribution in [1.29, 1.82) is 0 Å². The van der Waals surface area contributed by atoms with Crippen molar-refractivity contribution in [1.82, 2.24) is 15.8 Å².